The molecule has 0 atom stereocenters. The molecule has 0 fully saturated rings. The molecule has 0 unspecified atom stereocenters. The zero-order valence-corrected chi connectivity index (χ0v) is 9.94. The number of benzene rings is 2. The second-order valence-electron chi connectivity index (χ2n) is 4.38. The summed E-state index contributed by atoms with van der Waals surface area (Å²) in [4.78, 5) is 14.4. The van der Waals surface area contributed by atoms with Gasteiger partial charge >= 0.3 is 0 Å². The van der Waals surface area contributed by atoms with Gasteiger partial charge in [0, 0.05) is 21.9 Å². The predicted molar refractivity (Wildman–Crippen MR) is 75.1 cm³/mol. The van der Waals surface area contributed by atoms with Crippen LogP contribution in [-0.2, 0) is 6.42 Å². The van der Waals surface area contributed by atoms with Gasteiger partial charge in [-0.15, -0.1) is 6.58 Å². The van der Waals surface area contributed by atoms with Crippen molar-refractivity contribution in [2.24, 2.45) is 0 Å². The quantitative estimate of drug-likeness (QED) is 0.542. The Kier molecular flexibility index (Phi) is 2.49. The van der Waals surface area contributed by atoms with Crippen molar-refractivity contribution in [1.82, 2.24) is 4.98 Å². The Labute approximate surface area is 105 Å². The Morgan fingerprint density at radius 2 is 2.00 bits per heavy atom. The molecule has 0 aliphatic heterocycles. The highest BCUT2D eigenvalue weighted by Crippen LogP contribution is 2.29. The molecule has 0 radical (unpaired) electrons. The molecule has 2 aromatic carbocycles. The van der Waals surface area contributed by atoms with Crippen LogP contribution >= 0.6 is 0 Å². The lowest BCUT2D eigenvalue weighted by atomic mass is 10.0. The van der Waals surface area contributed by atoms with Crippen molar-refractivity contribution in [2.75, 3.05) is 0 Å². The number of para-hydroxylation sites is 1. The van der Waals surface area contributed by atoms with Crippen LogP contribution < -0.4 is 0 Å². The van der Waals surface area contributed by atoms with E-state index in [4.69, 9.17) is 0 Å². The van der Waals surface area contributed by atoms with E-state index < -0.39 is 0 Å². The van der Waals surface area contributed by atoms with Crippen LogP contribution in [0.3, 0.4) is 0 Å². The minimum Gasteiger partial charge on any atom is -0.354 e. The van der Waals surface area contributed by atoms with Gasteiger partial charge in [0.15, 0.2) is 0 Å². The number of carbonyl (C=O) groups is 1. The van der Waals surface area contributed by atoms with Crippen LogP contribution in [0.2, 0.25) is 0 Å². The Hall–Kier alpha value is -2.35. The Morgan fingerprint density at radius 1 is 1.17 bits per heavy atom. The lowest BCUT2D eigenvalue weighted by Crippen LogP contribution is -1.88. The van der Waals surface area contributed by atoms with Crippen molar-refractivity contribution >= 4 is 28.1 Å². The number of hydrogen-bond acceptors (Lipinski definition) is 1. The van der Waals surface area contributed by atoms with E-state index in [1.165, 1.54) is 0 Å². The van der Waals surface area contributed by atoms with E-state index in [0.29, 0.717) is 5.56 Å². The number of fused-ring (bicyclic) bond motifs is 3. The number of nitrogens with one attached hydrogen (secondary N) is 1. The highest BCUT2D eigenvalue weighted by Gasteiger charge is 2.08. The van der Waals surface area contributed by atoms with Crippen LogP contribution in [0.25, 0.3) is 21.8 Å². The molecule has 0 aliphatic rings. The van der Waals surface area contributed by atoms with Crippen molar-refractivity contribution in [2.45, 2.75) is 6.42 Å². The Morgan fingerprint density at radius 3 is 2.78 bits per heavy atom. The number of rotatable bonds is 3. The normalized spacial score (nSPS) is 10.9. The number of carbonyl (C=O) groups excluding carboxylic acids is 1. The second kappa shape index (κ2) is 4.15. The van der Waals surface area contributed by atoms with Crippen LogP contribution in [-0.4, -0.2) is 11.3 Å². The van der Waals surface area contributed by atoms with Crippen molar-refractivity contribution in [3.05, 3.63) is 60.2 Å². The third-order valence-corrected chi connectivity index (χ3v) is 3.22. The Bertz CT molecular complexity index is 752. The van der Waals surface area contributed by atoms with E-state index in [1.54, 1.807) is 0 Å². The molecule has 0 spiro atoms. The summed E-state index contributed by atoms with van der Waals surface area (Å²) in [7, 11) is 0. The number of aromatic amines is 1. The maximum Gasteiger partial charge on any atom is 0.150 e. The molecule has 88 valence electrons. The van der Waals surface area contributed by atoms with E-state index in [0.717, 1.165) is 40.1 Å². The van der Waals surface area contributed by atoms with Crippen molar-refractivity contribution in [3.63, 3.8) is 0 Å². The molecule has 2 nitrogen and oxygen atoms in total. The molecule has 1 aromatic heterocycles. The van der Waals surface area contributed by atoms with Crippen molar-refractivity contribution < 1.29 is 4.79 Å². The topological polar surface area (TPSA) is 32.9 Å². The first-order chi connectivity index (χ1) is 8.83. The maximum absolute atomic E-state index is 11.0. The minimum atomic E-state index is 0.712. The fourth-order valence-electron chi connectivity index (χ4n) is 2.43. The number of hydrogen-bond donors (Lipinski definition) is 1. The standard InChI is InChI=1S/C16H13NO/c1-2-5-12-8-11(10-18)9-14-13-6-3-4-7-15(13)17-16(12)14/h2-4,6-10,17H,1,5H2. The summed E-state index contributed by atoms with van der Waals surface area (Å²) in [6, 6.07) is 12.0. The summed E-state index contributed by atoms with van der Waals surface area (Å²) >= 11 is 0. The lowest BCUT2D eigenvalue weighted by Gasteiger charge is -2.01. The molecule has 3 aromatic rings. The molecule has 2 heteroatoms. The summed E-state index contributed by atoms with van der Waals surface area (Å²) in [5.74, 6) is 0. The van der Waals surface area contributed by atoms with Gasteiger partial charge in [-0.1, -0.05) is 24.3 Å². The summed E-state index contributed by atoms with van der Waals surface area (Å²) in [5, 5.41) is 2.26. The van der Waals surface area contributed by atoms with E-state index >= 15 is 0 Å². The molecular formula is C16H13NO. The molecular weight excluding hydrogens is 222 g/mol. The molecule has 0 saturated heterocycles. The number of allylic oxidation sites excluding steroid dienone is 1. The fourth-order valence-corrected chi connectivity index (χ4v) is 2.43. The van der Waals surface area contributed by atoms with E-state index in [-0.39, 0.29) is 0 Å². The second-order valence-corrected chi connectivity index (χ2v) is 4.38. The summed E-state index contributed by atoms with van der Waals surface area (Å²) in [6.45, 7) is 3.77. The molecule has 18 heavy (non-hydrogen) atoms. The van der Waals surface area contributed by atoms with Crippen LogP contribution in [0, 0.1) is 0 Å². The average Bonchev–Trinajstić information content (AvgIpc) is 2.78. The zero-order valence-electron chi connectivity index (χ0n) is 9.94. The van der Waals surface area contributed by atoms with Gasteiger partial charge in [0.25, 0.3) is 0 Å². The van der Waals surface area contributed by atoms with Gasteiger partial charge < -0.3 is 4.98 Å². The summed E-state index contributed by atoms with van der Waals surface area (Å²) < 4.78 is 0. The van der Waals surface area contributed by atoms with Gasteiger partial charge in [0.2, 0.25) is 0 Å². The van der Waals surface area contributed by atoms with Crippen LogP contribution in [0.15, 0.2) is 49.1 Å². The largest absolute Gasteiger partial charge is 0.354 e. The van der Waals surface area contributed by atoms with Crippen LogP contribution in [0.1, 0.15) is 15.9 Å². The van der Waals surface area contributed by atoms with Crippen LogP contribution in [0.5, 0.6) is 0 Å². The molecule has 1 heterocycles. The molecule has 0 bridgehead atoms. The van der Waals surface area contributed by atoms with Gasteiger partial charge in [-0.2, -0.15) is 0 Å². The highest BCUT2D eigenvalue weighted by atomic mass is 16.1. The van der Waals surface area contributed by atoms with E-state index in [2.05, 4.69) is 17.6 Å². The monoisotopic (exact) mass is 235 g/mol. The third-order valence-electron chi connectivity index (χ3n) is 3.22. The Balaban J connectivity index is 2.45. The first-order valence-corrected chi connectivity index (χ1v) is 5.93. The van der Waals surface area contributed by atoms with Gasteiger partial charge in [-0.05, 0) is 30.2 Å². The van der Waals surface area contributed by atoms with Gasteiger partial charge in [0.1, 0.15) is 6.29 Å². The predicted octanol–water partition coefficient (Wildman–Crippen LogP) is 3.86. The summed E-state index contributed by atoms with van der Waals surface area (Å²) in [6.07, 6.45) is 3.51. The molecule has 3 rings (SSSR count). The highest BCUT2D eigenvalue weighted by molar-refractivity contribution is 6.09. The van der Waals surface area contributed by atoms with Crippen molar-refractivity contribution in [1.29, 1.82) is 0 Å². The SMILES string of the molecule is C=CCc1cc(C=O)cc2c1[nH]c1ccccc12. The molecule has 0 aliphatic carbocycles. The van der Waals surface area contributed by atoms with Crippen LogP contribution in [0.4, 0.5) is 0 Å². The van der Waals surface area contributed by atoms with E-state index in [9.17, 15) is 4.79 Å². The fraction of sp³-hybridized carbons (Fsp3) is 0.0625. The van der Waals surface area contributed by atoms with E-state index in [1.807, 2.05) is 36.4 Å². The zero-order chi connectivity index (χ0) is 12.5. The smallest absolute Gasteiger partial charge is 0.150 e. The summed E-state index contributed by atoms with van der Waals surface area (Å²) in [5.41, 5.74) is 4.02. The lowest BCUT2D eigenvalue weighted by molar-refractivity contribution is 0.112. The molecule has 0 saturated carbocycles. The van der Waals surface area contributed by atoms with Gasteiger partial charge in [-0.3, -0.25) is 4.79 Å². The maximum atomic E-state index is 11.0. The van der Waals surface area contributed by atoms with Gasteiger partial charge in [-0.25, -0.2) is 0 Å². The average molecular weight is 235 g/mol. The molecule has 1 N–H and O–H groups in total. The van der Waals surface area contributed by atoms with Gasteiger partial charge in [0.05, 0.1) is 5.52 Å². The van der Waals surface area contributed by atoms with Crippen molar-refractivity contribution in [3.8, 4) is 0 Å². The molecule has 0 amide bonds. The number of H-pyrrole nitrogens is 1. The first kappa shape index (κ1) is 10.8. The number of aldehydes is 1. The first-order valence-electron chi connectivity index (χ1n) is 5.93. The number of aromatic nitrogens is 1. The third kappa shape index (κ3) is 1.54. The minimum absolute atomic E-state index is 0.712.